The average Bonchev–Trinajstić information content (AvgIpc) is 1.63. The third-order valence-electron chi connectivity index (χ3n) is 24.5. The third-order valence-corrected chi connectivity index (χ3v) is 25.6. The van der Waals surface area contributed by atoms with E-state index in [9.17, 15) is 82.1 Å². The summed E-state index contributed by atoms with van der Waals surface area (Å²) in [6.45, 7) is 14.8. The number of aliphatic hydroxyl groups excluding tert-OH is 1. The second-order valence-corrected chi connectivity index (χ2v) is 37.4. The summed E-state index contributed by atoms with van der Waals surface area (Å²) in [5.74, 6) is -15.8. The molecule has 16 N–H and O–H groups in total. The summed E-state index contributed by atoms with van der Waals surface area (Å²) in [4.78, 5) is 253. The number of hydrogen-bond donors (Lipinski definition) is 15. The van der Waals surface area contributed by atoms with Crippen molar-refractivity contribution >= 4 is 118 Å². The smallest absolute Gasteiger partial charge is 0.303 e. The standard InChI is InChI=1S/C100H138N18O21S/c1-13-74-92(129)105-73(51-67-37-41-71(42-38-67)69-29-19-15-20-30-69)55-138-58-115(11)63(8)89(126)110-78(53-68-39-43-72(44-40-68)70-31-21-16-22-32-70)99(136)116(12)64(9)90(127)109-76(45-47-85(123)124)93(130)104-62(7)98(135)117-49-25-34-80(117)95(132)111-79(91(128)103-54-83(121)106-75(88(101)125)33-23-24-48-102-82(120)46-36-61(6)114-139-60(4)5)56-140-57-84(122)107-77(52-66-27-17-14-18-28-66)94(131)112-86(59(2)3)100(137)118-50-26-35-81(118)96(133)113-87(65(10)119)97(134)108-74/h14-22,27-32,37-44,59-60,62-65,73-81,86-87,119H,13,23-26,33-36,45-58H2,1-12H3,(H2,101,125)(H,102,120)(H,103,128)(H,104,130)(H,105,129)(H,106,121)(H,107,122)(H,108,134)(H,109,127)(H,110,126)(H,111,132)(H,112,131)(H,113,133)(H,123,124)/b114-61-/t62-,63-,64-,65+,73-,74-,75-,76-,77-,78-,79-,80-,81-,86-,87-/m0/s1. The van der Waals surface area contributed by atoms with Crippen LogP contribution in [0.3, 0.4) is 0 Å². The number of unbranched alkanes of at least 4 members (excludes halogenated alkanes) is 1. The number of thioether (sulfide) groups is 1. The molecule has 40 heteroatoms. The summed E-state index contributed by atoms with van der Waals surface area (Å²) < 4.78 is 6.33. The lowest BCUT2D eigenvalue weighted by molar-refractivity contribution is -0.144. The van der Waals surface area contributed by atoms with E-state index in [1.807, 2.05) is 111 Å². The number of rotatable bonds is 29. The van der Waals surface area contributed by atoms with Crippen LogP contribution in [0.25, 0.3) is 22.3 Å². The lowest BCUT2D eigenvalue weighted by Crippen LogP contribution is -2.61. The van der Waals surface area contributed by atoms with E-state index in [0.29, 0.717) is 42.5 Å². The number of likely N-dealkylation sites (N-methyl/N-ethyl adjacent to an activating group) is 2. The van der Waals surface area contributed by atoms with Crippen molar-refractivity contribution in [3.05, 3.63) is 156 Å². The number of nitrogens with zero attached hydrogens (tertiary/aromatic N) is 5. The minimum absolute atomic E-state index is 0.00817. The fourth-order valence-corrected chi connectivity index (χ4v) is 17.0. The molecule has 15 atom stereocenters. The van der Waals surface area contributed by atoms with Crippen molar-refractivity contribution < 1.29 is 101 Å². The lowest BCUT2D eigenvalue weighted by atomic mass is 9.99. The highest BCUT2D eigenvalue weighted by molar-refractivity contribution is 8.00. The SMILES string of the molecule is CC[C@@H]1NC(=O)[C@H]([C@@H](C)O)NC(=O)[C@@H]2CCCN2C(=O)[C@H](C(C)C)NC(=O)[C@H](Cc2ccccc2)NC(=O)CSC[C@@H](C(=O)NCC(=O)N[C@@H](CCCCNC(=O)CC/C(C)=N\OC(C)C)C(N)=O)NC(=O)[C@@H]2CCCN2C(=O)[C@H](C)NC(=O)[C@H](CCC(=O)O)NC(=O)[C@H](C)N(C)C(=O)[C@H](Cc2ccc(-c3ccccc3)cc2)NC(=O)[C@H](C)N(C)COC[C@H](Cc2ccc(-c3ccccc3)cc2)NC1=O. The van der Waals surface area contributed by atoms with Crippen LogP contribution in [0.5, 0.6) is 0 Å². The van der Waals surface area contributed by atoms with Gasteiger partial charge in [-0.25, -0.2) is 0 Å². The molecular formula is C100H138N18O21S. The highest BCUT2D eigenvalue weighted by Gasteiger charge is 2.44. The van der Waals surface area contributed by atoms with Gasteiger partial charge >= 0.3 is 5.97 Å². The third kappa shape index (κ3) is 35.3. The Morgan fingerprint density at radius 2 is 1.06 bits per heavy atom. The second-order valence-electron chi connectivity index (χ2n) is 36.3. The topological polar surface area (TPSA) is 545 Å². The Hall–Kier alpha value is -13.2. The molecule has 3 fully saturated rings. The van der Waals surface area contributed by atoms with Crippen LogP contribution in [0.1, 0.15) is 163 Å². The summed E-state index contributed by atoms with van der Waals surface area (Å²) in [5.41, 5.74) is 11.9. The quantitative estimate of drug-likeness (QED) is 0.0186. The van der Waals surface area contributed by atoms with Crippen molar-refractivity contribution in [1.82, 2.24) is 83.4 Å². The van der Waals surface area contributed by atoms with Gasteiger partial charge in [0.1, 0.15) is 78.6 Å². The minimum Gasteiger partial charge on any atom is -0.481 e. The molecule has 0 aliphatic carbocycles. The van der Waals surface area contributed by atoms with Crippen LogP contribution in [0, 0.1) is 5.92 Å². The molecule has 0 bridgehead atoms. The van der Waals surface area contributed by atoms with E-state index < -0.39 is 222 Å². The van der Waals surface area contributed by atoms with Gasteiger partial charge in [0.05, 0.1) is 49.5 Å². The van der Waals surface area contributed by atoms with Crippen molar-refractivity contribution in [1.29, 1.82) is 0 Å². The average molecular weight is 1960 g/mol. The number of hydrogen-bond acceptors (Lipinski definition) is 23. The van der Waals surface area contributed by atoms with E-state index in [1.165, 1.54) is 32.7 Å². The van der Waals surface area contributed by atoms with Crippen molar-refractivity contribution in [2.45, 2.75) is 262 Å². The summed E-state index contributed by atoms with van der Waals surface area (Å²) in [6.07, 6.45) is -1.09. The van der Waals surface area contributed by atoms with Gasteiger partial charge in [0.2, 0.25) is 94.5 Å². The second kappa shape index (κ2) is 56.1. The minimum atomic E-state index is -1.68. The van der Waals surface area contributed by atoms with Crippen LogP contribution in [0.4, 0.5) is 0 Å². The highest BCUT2D eigenvalue weighted by atomic mass is 32.2. The predicted octanol–water partition coefficient (Wildman–Crippen LogP) is 2.57. The highest BCUT2D eigenvalue weighted by Crippen LogP contribution is 2.27. The Labute approximate surface area is 821 Å². The van der Waals surface area contributed by atoms with Gasteiger partial charge in [-0.3, -0.25) is 86.4 Å². The molecule has 16 amide bonds. The molecular weight excluding hydrogens is 1820 g/mol. The summed E-state index contributed by atoms with van der Waals surface area (Å²) in [7, 11) is 2.90. The number of oxime groups is 1. The van der Waals surface area contributed by atoms with Crippen molar-refractivity contribution in [2.24, 2.45) is 16.8 Å². The van der Waals surface area contributed by atoms with Crippen LogP contribution in [0.2, 0.25) is 0 Å². The first-order chi connectivity index (χ1) is 66.7. The fourth-order valence-electron chi connectivity index (χ4n) is 16.1. The van der Waals surface area contributed by atoms with Gasteiger partial charge in [-0.15, -0.1) is 11.8 Å². The molecule has 39 nitrogen and oxygen atoms in total. The van der Waals surface area contributed by atoms with Crippen LogP contribution in [0.15, 0.2) is 145 Å². The Morgan fingerprint density at radius 1 is 0.543 bits per heavy atom. The maximum Gasteiger partial charge on any atom is 0.303 e. The molecule has 0 aromatic heterocycles. The summed E-state index contributed by atoms with van der Waals surface area (Å²) in [6, 6.07) is 23.7. The van der Waals surface area contributed by atoms with Crippen molar-refractivity contribution in [2.75, 3.05) is 65.1 Å². The molecule has 3 heterocycles. The maximum absolute atomic E-state index is 15.1. The number of aliphatic carboxylic acids is 1. The molecule has 0 spiro atoms. The number of carbonyl (C=O) groups is 17. The van der Waals surface area contributed by atoms with Gasteiger partial charge < -0.3 is 104 Å². The van der Waals surface area contributed by atoms with Crippen LogP contribution >= 0.6 is 11.8 Å². The normalized spacial score (nSPS) is 23.6. The van der Waals surface area contributed by atoms with Gasteiger partial charge in [0.15, 0.2) is 0 Å². The number of ether oxygens (including phenoxy) is 1. The van der Waals surface area contributed by atoms with Gasteiger partial charge in [0.25, 0.3) is 0 Å². The van der Waals surface area contributed by atoms with E-state index in [1.54, 1.807) is 89.0 Å². The first-order valence-corrected chi connectivity index (χ1v) is 48.9. The van der Waals surface area contributed by atoms with Crippen LogP contribution in [-0.4, -0.2) is 298 Å². The van der Waals surface area contributed by atoms with Crippen molar-refractivity contribution in [3.63, 3.8) is 0 Å². The summed E-state index contributed by atoms with van der Waals surface area (Å²) >= 11 is 0.804. The molecule has 8 rings (SSSR count). The molecule has 3 aliphatic heterocycles. The molecule has 140 heavy (non-hydrogen) atoms. The van der Waals surface area contributed by atoms with Crippen LogP contribution in [-0.2, 0) is 110 Å². The number of carboxylic acids is 1. The molecule has 3 saturated heterocycles. The molecule has 0 saturated carbocycles. The zero-order valence-electron chi connectivity index (χ0n) is 81.7. The Morgan fingerprint density at radius 3 is 1.64 bits per heavy atom. The zero-order valence-corrected chi connectivity index (χ0v) is 82.5. The zero-order chi connectivity index (χ0) is 102. The molecule has 5 aromatic rings. The number of carbonyl (C=O) groups excluding carboxylic acids is 16. The number of carboxylic acid groups (broad SMARTS) is 1. The van der Waals surface area contributed by atoms with Gasteiger partial charge in [-0.05, 0) is 171 Å². The van der Waals surface area contributed by atoms with Crippen LogP contribution < -0.4 is 69.5 Å². The van der Waals surface area contributed by atoms with Crippen molar-refractivity contribution in [3.8, 4) is 22.3 Å². The molecule has 0 radical (unpaired) electrons. The van der Waals surface area contributed by atoms with E-state index in [4.69, 9.17) is 15.3 Å². The fraction of sp³-hybridized carbons (Fsp3) is 0.520. The number of primary amides is 1. The number of fused-ring (bicyclic) bond motifs is 2. The van der Waals surface area contributed by atoms with Gasteiger partial charge in [0, 0.05) is 58.1 Å². The van der Waals surface area contributed by atoms with E-state index >= 15 is 9.59 Å². The number of nitrogens with two attached hydrogens (primary N) is 1. The monoisotopic (exact) mass is 1960 g/mol. The van der Waals surface area contributed by atoms with E-state index in [-0.39, 0.29) is 103 Å². The van der Waals surface area contributed by atoms with E-state index in [2.05, 4.69) is 69.0 Å². The molecule has 760 valence electrons. The van der Waals surface area contributed by atoms with Gasteiger partial charge in [-0.1, -0.05) is 165 Å². The number of nitrogens with one attached hydrogen (secondary N) is 12. The largest absolute Gasteiger partial charge is 0.481 e. The Bertz CT molecular complexity index is 5080. The first-order valence-electron chi connectivity index (χ1n) is 47.7. The lowest BCUT2D eigenvalue weighted by Gasteiger charge is -2.32. The predicted molar refractivity (Wildman–Crippen MR) is 525 cm³/mol. The molecule has 0 unspecified atom stereocenters. The maximum atomic E-state index is 15.1. The first kappa shape index (κ1) is 112. The molecule has 3 aliphatic rings. The van der Waals surface area contributed by atoms with E-state index in [0.717, 1.165) is 49.4 Å². The molecule has 5 aromatic carbocycles. The summed E-state index contributed by atoms with van der Waals surface area (Å²) in [5, 5.41) is 57.5. The van der Waals surface area contributed by atoms with Gasteiger partial charge in [-0.2, -0.15) is 0 Å². The number of amides is 16. The Kier molecular flexibility index (Phi) is 44.9. The Balaban J connectivity index is 1.08. The number of aliphatic hydroxyl groups is 1. The number of benzene rings is 5.